The first-order chi connectivity index (χ1) is 9.65. The summed E-state index contributed by atoms with van der Waals surface area (Å²) in [5, 5.41) is 1.36. The Morgan fingerprint density at radius 2 is 1.70 bits per heavy atom. The number of benzene rings is 2. The summed E-state index contributed by atoms with van der Waals surface area (Å²) in [5.41, 5.74) is 9.71. The summed E-state index contributed by atoms with van der Waals surface area (Å²) in [4.78, 5) is 0. The molecule has 1 heteroatoms. The van der Waals surface area contributed by atoms with Gasteiger partial charge in [-0.25, -0.2) is 0 Å². The highest BCUT2D eigenvalue weighted by atomic mass is 15.0. The van der Waals surface area contributed by atoms with Gasteiger partial charge in [-0.3, -0.25) is 0 Å². The first-order valence-corrected chi connectivity index (χ1v) is 7.18. The number of aromatic nitrogens is 1. The minimum atomic E-state index is 0.998. The zero-order valence-corrected chi connectivity index (χ0v) is 12.2. The van der Waals surface area contributed by atoms with Gasteiger partial charge in [0.1, 0.15) is 0 Å². The van der Waals surface area contributed by atoms with Crippen LogP contribution in [0.4, 0.5) is 0 Å². The number of aryl methyl sites for hydroxylation is 3. The van der Waals surface area contributed by atoms with Crippen LogP contribution in [0.15, 0.2) is 42.5 Å². The monoisotopic (exact) mass is 260 g/mol. The van der Waals surface area contributed by atoms with Gasteiger partial charge in [-0.15, -0.1) is 0 Å². The van der Waals surface area contributed by atoms with Crippen LogP contribution in [0.5, 0.6) is 0 Å². The molecule has 0 aliphatic carbocycles. The molecule has 20 heavy (non-hydrogen) atoms. The second-order valence-corrected chi connectivity index (χ2v) is 5.92. The first kappa shape index (κ1) is 11.7. The van der Waals surface area contributed by atoms with E-state index in [1.54, 1.807) is 0 Å². The van der Waals surface area contributed by atoms with Gasteiger partial charge in [-0.1, -0.05) is 18.2 Å². The maximum atomic E-state index is 2.46. The Morgan fingerprint density at radius 1 is 0.900 bits per heavy atom. The molecule has 0 saturated heterocycles. The predicted octanol–water partition coefficient (Wildman–Crippen LogP) is 4.08. The van der Waals surface area contributed by atoms with Crippen molar-refractivity contribution in [3.05, 3.63) is 64.7 Å². The van der Waals surface area contributed by atoms with Crippen LogP contribution < -0.4 is 4.57 Å². The van der Waals surface area contributed by atoms with Crippen molar-refractivity contribution in [1.29, 1.82) is 0 Å². The predicted molar refractivity (Wildman–Crippen MR) is 82.9 cm³/mol. The average molecular weight is 260 g/mol. The average Bonchev–Trinajstić information content (AvgIpc) is 2.79. The van der Waals surface area contributed by atoms with Gasteiger partial charge in [0.05, 0.1) is 5.56 Å². The Kier molecular flexibility index (Phi) is 2.29. The highest BCUT2D eigenvalue weighted by Gasteiger charge is 2.30. The molecule has 0 N–H and O–H groups in total. The summed E-state index contributed by atoms with van der Waals surface area (Å²) in [6, 6.07) is 15.7. The standard InChI is InChI=1S/C19H18N/c1-12-8-13(2)17-11-20-18-7-5-4-6-15(18)14(3)10-19(20)16(17)9-12/h4-10H,11H2,1-3H3/q+1. The van der Waals surface area contributed by atoms with Crippen molar-refractivity contribution in [1.82, 2.24) is 0 Å². The van der Waals surface area contributed by atoms with Gasteiger partial charge < -0.3 is 0 Å². The molecule has 1 nitrogen and oxygen atoms in total. The summed E-state index contributed by atoms with van der Waals surface area (Å²) in [5.74, 6) is 0. The van der Waals surface area contributed by atoms with E-state index in [-0.39, 0.29) is 0 Å². The molecule has 1 aliphatic heterocycles. The van der Waals surface area contributed by atoms with E-state index in [1.807, 2.05) is 0 Å². The fraction of sp³-hybridized carbons (Fsp3) is 0.211. The van der Waals surface area contributed by atoms with E-state index < -0.39 is 0 Å². The van der Waals surface area contributed by atoms with Crippen molar-refractivity contribution in [2.75, 3.05) is 0 Å². The Labute approximate surface area is 119 Å². The number of fused-ring (bicyclic) bond motifs is 5. The Hall–Kier alpha value is -2.15. The molecule has 1 aliphatic rings. The highest BCUT2D eigenvalue weighted by molar-refractivity contribution is 5.82. The normalized spacial score (nSPS) is 12.6. The van der Waals surface area contributed by atoms with E-state index >= 15 is 0 Å². The van der Waals surface area contributed by atoms with Crippen LogP contribution in [-0.4, -0.2) is 0 Å². The van der Waals surface area contributed by atoms with Gasteiger partial charge >= 0.3 is 0 Å². The number of pyridine rings is 1. The minimum Gasteiger partial charge on any atom is -0.187 e. The van der Waals surface area contributed by atoms with Crippen molar-refractivity contribution in [2.24, 2.45) is 0 Å². The van der Waals surface area contributed by atoms with Gasteiger partial charge in [0.25, 0.3) is 0 Å². The van der Waals surface area contributed by atoms with Crippen molar-refractivity contribution in [3.8, 4) is 11.3 Å². The largest absolute Gasteiger partial charge is 0.214 e. The van der Waals surface area contributed by atoms with Crippen LogP contribution in [0.2, 0.25) is 0 Å². The van der Waals surface area contributed by atoms with Crippen molar-refractivity contribution >= 4 is 10.9 Å². The van der Waals surface area contributed by atoms with Crippen LogP contribution in [0.1, 0.15) is 22.3 Å². The SMILES string of the molecule is Cc1cc(C)c2c(c1)-c1cc(C)c3ccccc3[n+]1C2. The smallest absolute Gasteiger partial charge is 0.187 e. The quantitative estimate of drug-likeness (QED) is 0.419. The summed E-state index contributed by atoms with van der Waals surface area (Å²) in [6.45, 7) is 7.62. The molecule has 2 heterocycles. The molecule has 1 aromatic heterocycles. The maximum Gasteiger partial charge on any atom is 0.214 e. The topological polar surface area (TPSA) is 3.88 Å². The zero-order valence-electron chi connectivity index (χ0n) is 12.2. The Bertz CT molecular complexity index is 859. The zero-order chi connectivity index (χ0) is 13.9. The van der Waals surface area contributed by atoms with E-state index in [0.717, 1.165) is 6.54 Å². The first-order valence-electron chi connectivity index (χ1n) is 7.18. The van der Waals surface area contributed by atoms with Crippen LogP contribution in [0, 0.1) is 20.8 Å². The Morgan fingerprint density at radius 3 is 2.55 bits per heavy atom. The molecular formula is C19H18N+. The molecule has 0 unspecified atom stereocenters. The summed E-state index contributed by atoms with van der Waals surface area (Å²) >= 11 is 0. The van der Waals surface area contributed by atoms with Crippen LogP contribution >= 0.6 is 0 Å². The third-order valence-corrected chi connectivity index (χ3v) is 4.47. The lowest BCUT2D eigenvalue weighted by atomic mass is 9.98. The molecule has 0 atom stereocenters. The van der Waals surface area contributed by atoms with Gasteiger partial charge in [0.2, 0.25) is 11.2 Å². The number of nitrogens with zero attached hydrogens (tertiary/aromatic N) is 1. The van der Waals surface area contributed by atoms with E-state index in [0.29, 0.717) is 0 Å². The summed E-state index contributed by atoms with van der Waals surface area (Å²) in [6.07, 6.45) is 0. The van der Waals surface area contributed by atoms with Gasteiger partial charge in [-0.05, 0) is 49.6 Å². The Balaban J connectivity index is 2.12. The molecule has 0 radical (unpaired) electrons. The molecule has 0 amide bonds. The molecule has 4 rings (SSSR count). The molecule has 0 fully saturated rings. The summed E-state index contributed by atoms with van der Waals surface area (Å²) < 4.78 is 2.46. The van der Waals surface area contributed by atoms with Crippen molar-refractivity contribution < 1.29 is 4.57 Å². The molecule has 0 bridgehead atoms. The molecular weight excluding hydrogens is 242 g/mol. The number of hydrogen-bond acceptors (Lipinski definition) is 0. The highest BCUT2D eigenvalue weighted by Crippen LogP contribution is 2.33. The number of rotatable bonds is 0. The third kappa shape index (κ3) is 1.46. The number of hydrogen-bond donors (Lipinski definition) is 0. The lowest BCUT2D eigenvalue weighted by Crippen LogP contribution is -2.33. The second kappa shape index (κ2) is 3.92. The lowest BCUT2D eigenvalue weighted by Gasteiger charge is -2.03. The van der Waals surface area contributed by atoms with Crippen molar-refractivity contribution in [3.63, 3.8) is 0 Å². The number of para-hydroxylation sites is 1. The molecule has 0 saturated carbocycles. The van der Waals surface area contributed by atoms with Gasteiger partial charge in [0, 0.05) is 23.1 Å². The minimum absolute atomic E-state index is 0.998. The molecule has 98 valence electrons. The molecule has 2 aromatic carbocycles. The van der Waals surface area contributed by atoms with E-state index in [9.17, 15) is 0 Å². The van der Waals surface area contributed by atoms with E-state index in [1.165, 1.54) is 44.4 Å². The van der Waals surface area contributed by atoms with E-state index in [4.69, 9.17) is 0 Å². The van der Waals surface area contributed by atoms with Gasteiger partial charge in [0.15, 0.2) is 6.54 Å². The maximum absolute atomic E-state index is 2.46. The fourth-order valence-corrected chi connectivity index (χ4v) is 3.52. The second-order valence-electron chi connectivity index (χ2n) is 5.92. The van der Waals surface area contributed by atoms with E-state index in [2.05, 4.69) is 67.8 Å². The van der Waals surface area contributed by atoms with Crippen LogP contribution in [0.25, 0.3) is 22.2 Å². The third-order valence-electron chi connectivity index (χ3n) is 4.47. The van der Waals surface area contributed by atoms with Crippen LogP contribution in [-0.2, 0) is 6.54 Å². The van der Waals surface area contributed by atoms with Crippen LogP contribution in [0.3, 0.4) is 0 Å². The summed E-state index contributed by atoms with van der Waals surface area (Å²) in [7, 11) is 0. The fourth-order valence-electron chi connectivity index (χ4n) is 3.52. The lowest BCUT2D eigenvalue weighted by molar-refractivity contribution is -0.645. The van der Waals surface area contributed by atoms with Crippen molar-refractivity contribution in [2.45, 2.75) is 27.3 Å². The van der Waals surface area contributed by atoms with Gasteiger partial charge in [-0.2, -0.15) is 4.57 Å². The molecule has 3 aromatic rings. The molecule has 0 spiro atoms.